The molecule has 0 aliphatic carbocycles. The number of carbonyl (C=O) groups excluding carboxylic acids is 3. The minimum Gasteiger partial charge on any atom is -0.481 e. The van der Waals surface area contributed by atoms with E-state index < -0.39 is 66.2 Å². The molecule has 0 radical (unpaired) electrons. The topological polar surface area (TPSA) is 225 Å². The number of hydrogen-bond donors (Lipinski definition) is 7. The second-order valence-electron chi connectivity index (χ2n) is 7.85. The first kappa shape index (κ1) is 29.0. The Bertz CT molecular complexity index is 923. The van der Waals surface area contributed by atoms with Gasteiger partial charge in [-0.25, -0.2) is 4.79 Å². The SMILES string of the molecule is CC(NC(=O)C(Cc1ccccc1)NC(=O)C(N)CCC(=O)O)C(=O)NC(CCC(=O)O)C(=O)O. The third kappa shape index (κ3) is 11.1. The van der Waals surface area contributed by atoms with Crippen molar-refractivity contribution >= 4 is 35.6 Å². The van der Waals surface area contributed by atoms with Crippen LogP contribution in [0.4, 0.5) is 0 Å². The Balaban J connectivity index is 2.88. The predicted octanol–water partition coefficient (Wildman–Crippen LogP) is -1.16. The zero-order valence-corrected chi connectivity index (χ0v) is 19.1. The summed E-state index contributed by atoms with van der Waals surface area (Å²) in [5, 5.41) is 33.7. The van der Waals surface area contributed by atoms with Gasteiger partial charge in [-0.05, 0) is 25.3 Å². The zero-order chi connectivity index (χ0) is 26.5. The van der Waals surface area contributed by atoms with Gasteiger partial charge in [0.1, 0.15) is 18.1 Å². The van der Waals surface area contributed by atoms with Gasteiger partial charge < -0.3 is 37.0 Å². The summed E-state index contributed by atoms with van der Waals surface area (Å²) in [6.45, 7) is 1.29. The fraction of sp³-hybridized carbons (Fsp3) is 0.455. The summed E-state index contributed by atoms with van der Waals surface area (Å²) in [7, 11) is 0. The van der Waals surface area contributed by atoms with E-state index in [9.17, 15) is 33.9 Å². The van der Waals surface area contributed by atoms with Crippen molar-refractivity contribution in [3.63, 3.8) is 0 Å². The van der Waals surface area contributed by atoms with Crippen molar-refractivity contribution in [3.8, 4) is 0 Å². The number of aliphatic carboxylic acids is 3. The standard InChI is InChI=1S/C22H30N4O9/c1-12(19(31)25-15(22(34)35)8-10-18(29)30)24-21(33)16(11-13-5-3-2-4-6-13)26-20(32)14(23)7-9-17(27)28/h2-6,12,14-16H,7-11,23H2,1H3,(H,24,33)(H,25,31)(H,26,32)(H,27,28)(H,29,30)(H,34,35). The van der Waals surface area contributed by atoms with Gasteiger partial charge in [0.15, 0.2) is 0 Å². The van der Waals surface area contributed by atoms with Crippen LogP contribution < -0.4 is 21.7 Å². The Hall–Kier alpha value is -4.00. The van der Waals surface area contributed by atoms with Crippen LogP contribution >= 0.6 is 0 Å². The minimum absolute atomic E-state index is 0.0365. The highest BCUT2D eigenvalue weighted by Gasteiger charge is 2.29. The summed E-state index contributed by atoms with van der Waals surface area (Å²) >= 11 is 0. The third-order valence-electron chi connectivity index (χ3n) is 4.94. The van der Waals surface area contributed by atoms with Crippen LogP contribution in [0, 0.1) is 0 Å². The van der Waals surface area contributed by atoms with Crippen LogP contribution in [0.15, 0.2) is 30.3 Å². The third-order valence-corrected chi connectivity index (χ3v) is 4.94. The predicted molar refractivity (Wildman–Crippen MR) is 121 cm³/mol. The minimum atomic E-state index is -1.47. The van der Waals surface area contributed by atoms with Gasteiger partial charge in [-0.2, -0.15) is 0 Å². The highest BCUT2D eigenvalue weighted by molar-refractivity contribution is 5.94. The highest BCUT2D eigenvalue weighted by atomic mass is 16.4. The molecule has 0 fully saturated rings. The van der Waals surface area contributed by atoms with Crippen molar-refractivity contribution in [2.24, 2.45) is 5.73 Å². The monoisotopic (exact) mass is 494 g/mol. The molecule has 13 heteroatoms. The maximum Gasteiger partial charge on any atom is 0.326 e. The van der Waals surface area contributed by atoms with Gasteiger partial charge >= 0.3 is 17.9 Å². The number of carboxylic acid groups (broad SMARTS) is 3. The Morgan fingerprint density at radius 1 is 0.771 bits per heavy atom. The molecule has 0 aliphatic rings. The lowest BCUT2D eigenvalue weighted by atomic mass is 10.0. The van der Waals surface area contributed by atoms with Crippen LogP contribution in [0.25, 0.3) is 0 Å². The van der Waals surface area contributed by atoms with Gasteiger partial charge in [0.2, 0.25) is 17.7 Å². The number of carbonyl (C=O) groups is 6. The summed E-state index contributed by atoms with van der Waals surface area (Å²) in [6, 6.07) is 3.61. The lowest BCUT2D eigenvalue weighted by Crippen LogP contribution is -2.56. The first-order chi connectivity index (χ1) is 16.4. The number of nitrogens with one attached hydrogen (secondary N) is 3. The van der Waals surface area contributed by atoms with Crippen molar-refractivity contribution in [3.05, 3.63) is 35.9 Å². The smallest absolute Gasteiger partial charge is 0.326 e. The molecule has 13 nitrogen and oxygen atoms in total. The number of carboxylic acids is 3. The Labute approximate surface area is 201 Å². The summed E-state index contributed by atoms with van der Waals surface area (Å²) in [4.78, 5) is 70.4. The number of nitrogens with two attached hydrogens (primary N) is 1. The normalized spacial score (nSPS) is 14.0. The molecule has 4 atom stereocenters. The van der Waals surface area contributed by atoms with Crippen LogP contribution in [0.2, 0.25) is 0 Å². The Morgan fingerprint density at radius 3 is 1.86 bits per heavy atom. The molecule has 192 valence electrons. The fourth-order valence-corrected chi connectivity index (χ4v) is 2.95. The molecule has 8 N–H and O–H groups in total. The molecule has 4 unspecified atom stereocenters. The summed E-state index contributed by atoms with van der Waals surface area (Å²) in [6.07, 6.45) is -1.28. The molecule has 0 aromatic heterocycles. The molecule has 1 aromatic carbocycles. The second-order valence-corrected chi connectivity index (χ2v) is 7.85. The second kappa shape index (κ2) is 14.3. The maximum atomic E-state index is 12.9. The zero-order valence-electron chi connectivity index (χ0n) is 19.1. The van der Waals surface area contributed by atoms with Gasteiger partial charge in [0.25, 0.3) is 0 Å². The van der Waals surface area contributed by atoms with Crippen LogP contribution in [-0.2, 0) is 35.2 Å². The molecule has 1 rings (SSSR count). The quantitative estimate of drug-likeness (QED) is 0.155. The molecular weight excluding hydrogens is 464 g/mol. The van der Waals surface area contributed by atoms with Crippen LogP contribution in [0.3, 0.4) is 0 Å². The molecule has 0 aliphatic heterocycles. The van der Waals surface area contributed by atoms with Crippen LogP contribution in [0.1, 0.15) is 38.2 Å². The lowest BCUT2D eigenvalue weighted by Gasteiger charge is -2.23. The highest BCUT2D eigenvalue weighted by Crippen LogP contribution is 2.06. The molecule has 1 aromatic rings. The van der Waals surface area contributed by atoms with E-state index in [-0.39, 0.29) is 25.7 Å². The van der Waals surface area contributed by atoms with E-state index in [1.165, 1.54) is 6.92 Å². The van der Waals surface area contributed by atoms with Crippen molar-refractivity contribution in [1.82, 2.24) is 16.0 Å². The fourth-order valence-electron chi connectivity index (χ4n) is 2.95. The van der Waals surface area contributed by atoms with Crippen molar-refractivity contribution in [2.45, 2.75) is 63.2 Å². The van der Waals surface area contributed by atoms with Gasteiger partial charge in [0.05, 0.1) is 6.04 Å². The first-order valence-corrected chi connectivity index (χ1v) is 10.8. The Kier molecular flexibility index (Phi) is 11.9. The molecule has 0 saturated heterocycles. The molecule has 3 amide bonds. The Morgan fingerprint density at radius 2 is 1.31 bits per heavy atom. The van der Waals surface area contributed by atoms with Crippen LogP contribution in [-0.4, -0.2) is 75.1 Å². The van der Waals surface area contributed by atoms with E-state index in [1.54, 1.807) is 30.3 Å². The van der Waals surface area contributed by atoms with Gasteiger partial charge in [-0.15, -0.1) is 0 Å². The van der Waals surface area contributed by atoms with Crippen molar-refractivity contribution < 1.29 is 44.1 Å². The van der Waals surface area contributed by atoms with Gasteiger partial charge in [0, 0.05) is 19.3 Å². The molecule has 35 heavy (non-hydrogen) atoms. The van der Waals surface area contributed by atoms with Gasteiger partial charge in [-0.1, -0.05) is 30.3 Å². The lowest BCUT2D eigenvalue weighted by molar-refractivity contribution is -0.143. The molecule has 0 heterocycles. The summed E-state index contributed by atoms with van der Waals surface area (Å²) in [5.41, 5.74) is 6.41. The van der Waals surface area contributed by atoms with E-state index in [1.807, 2.05) is 0 Å². The van der Waals surface area contributed by atoms with Gasteiger partial charge in [-0.3, -0.25) is 24.0 Å². The average molecular weight is 495 g/mol. The molecule has 0 saturated carbocycles. The summed E-state index contributed by atoms with van der Waals surface area (Å²) in [5.74, 6) is -6.16. The van der Waals surface area contributed by atoms with E-state index in [2.05, 4.69) is 16.0 Å². The first-order valence-electron chi connectivity index (χ1n) is 10.8. The largest absolute Gasteiger partial charge is 0.481 e. The maximum absolute atomic E-state index is 12.9. The van der Waals surface area contributed by atoms with Crippen molar-refractivity contribution in [2.75, 3.05) is 0 Å². The number of hydrogen-bond acceptors (Lipinski definition) is 7. The molecule has 0 spiro atoms. The number of rotatable bonds is 15. The van der Waals surface area contributed by atoms with E-state index in [0.717, 1.165) is 0 Å². The average Bonchev–Trinajstić information content (AvgIpc) is 2.79. The number of amides is 3. The van der Waals surface area contributed by atoms with E-state index in [0.29, 0.717) is 5.56 Å². The molecule has 0 bridgehead atoms. The van der Waals surface area contributed by atoms with E-state index >= 15 is 0 Å². The van der Waals surface area contributed by atoms with E-state index in [4.69, 9.17) is 15.9 Å². The summed E-state index contributed by atoms with van der Waals surface area (Å²) < 4.78 is 0. The molecular formula is C22H30N4O9. The number of benzene rings is 1. The van der Waals surface area contributed by atoms with Crippen LogP contribution in [0.5, 0.6) is 0 Å². The van der Waals surface area contributed by atoms with Crippen molar-refractivity contribution in [1.29, 1.82) is 0 Å².